The molecule has 84 valence electrons. The summed E-state index contributed by atoms with van der Waals surface area (Å²) in [6.07, 6.45) is 3.96. The monoisotopic (exact) mass is 217 g/mol. The van der Waals surface area contributed by atoms with Gasteiger partial charge in [-0.05, 0) is 25.0 Å². The van der Waals surface area contributed by atoms with Crippen molar-refractivity contribution in [2.75, 3.05) is 18.9 Å². The summed E-state index contributed by atoms with van der Waals surface area (Å²) in [6.45, 7) is 1.65. The van der Waals surface area contributed by atoms with Crippen LogP contribution in [0.15, 0.2) is 24.4 Å². The number of imidazole rings is 1. The van der Waals surface area contributed by atoms with E-state index in [1.165, 1.54) is 0 Å². The smallest absolute Gasteiger partial charge is 0.118 e. The maximum Gasteiger partial charge on any atom is 0.118 e. The van der Waals surface area contributed by atoms with Crippen LogP contribution < -0.4 is 5.73 Å². The van der Waals surface area contributed by atoms with Crippen molar-refractivity contribution in [2.24, 2.45) is 0 Å². The number of hydrogen-bond acceptors (Lipinski definition) is 3. The molecule has 0 radical (unpaired) electrons. The van der Waals surface area contributed by atoms with E-state index < -0.39 is 0 Å². The predicted molar refractivity (Wildman–Crippen MR) is 62.4 cm³/mol. The number of nitrogens with zero attached hydrogens (tertiary/aromatic N) is 2. The largest absolute Gasteiger partial charge is 0.385 e. The molecule has 16 heavy (non-hydrogen) atoms. The van der Waals surface area contributed by atoms with Crippen molar-refractivity contribution >= 4 is 11.3 Å². The summed E-state index contributed by atoms with van der Waals surface area (Å²) in [5, 5.41) is 0. The van der Waals surface area contributed by atoms with E-state index in [0.717, 1.165) is 43.2 Å². The van der Waals surface area contributed by atoms with E-state index in [2.05, 4.69) is 9.38 Å². The zero-order chi connectivity index (χ0) is 11.0. The van der Waals surface area contributed by atoms with Gasteiger partial charge in [0.05, 0.1) is 11.7 Å². The first-order chi connectivity index (χ1) is 7.86. The van der Waals surface area contributed by atoms with Crippen LogP contribution in [0.4, 0.5) is 5.82 Å². The molecule has 0 aromatic carbocycles. The number of aromatic nitrogens is 2. The third-order valence-electron chi connectivity index (χ3n) is 3.20. The van der Waals surface area contributed by atoms with Gasteiger partial charge in [-0.1, -0.05) is 6.07 Å². The Bertz CT molecular complexity index is 500. The highest BCUT2D eigenvalue weighted by molar-refractivity contribution is 5.53. The van der Waals surface area contributed by atoms with Gasteiger partial charge in [-0.3, -0.25) is 4.40 Å². The standard InChI is InChI=1S/C12H15N3O/c13-11-3-1-2-10-8-14-12(15(10)11)9-4-6-16-7-5-9/h1-3,8-9H,4-7,13H2. The molecule has 0 aliphatic carbocycles. The topological polar surface area (TPSA) is 52.5 Å². The second-order valence-corrected chi connectivity index (χ2v) is 4.21. The van der Waals surface area contributed by atoms with Crippen LogP contribution in [-0.4, -0.2) is 22.6 Å². The molecule has 0 bridgehead atoms. The van der Waals surface area contributed by atoms with Crippen LogP contribution in [-0.2, 0) is 4.74 Å². The number of nitrogens with two attached hydrogens (primary N) is 1. The van der Waals surface area contributed by atoms with E-state index in [4.69, 9.17) is 10.5 Å². The Morgan fingerprint density at radius 1 is 1.31 bits per heavy atom. The third kappa shape index (κ3) is 1.46. The second-order valence-electron chi connectivity index (χ2n) is 4.21. The van der Waals surface area contributed by atoms with Gasteiger partial charge in [0, 0.05) is 19.1 Å². The summed E-state index contributed by atoms with van der Waals surface area (Å²) in [7, 11) is 0. The lowest BCUT2D eigenvalue weighted by Gasteiger charge is -2.21. The first kappa shape index (κ1) is 9.66. The Morgan fingerprint density at radius 2 is 2.12 bits per heavy atom. The molecule has 3 rings (SSSR count). The zero-order valence-electron chi connectivity index (χ0n) is 9.10. The summed E-state index contributed by atoms with van der Waals surface area (Å²) >= 11 is 0. The average Bonchev–Trinajstić information content (AvgIpc) is 2.75. The molecule has 4 heteroatoms. The van der Waals surface area contributed by atoms with E-state index in [-0.39, 0.29) is 0 Å². The molecule has 2 aromatic rings. The van der Waals surface area contributed by atoms with E-state index in [1.807, 2.05) is 24.4 Å². The lowest BCUT2D eigenvalue weighted by atomic mass is 9.99. The van der Waals surface area contributed by atoms with Crippen molar-refractivity contribution in [3.05, 3.63) is 30.2 Å². The van der Waals surface area contributed by atoms with Gasteiger partial charge in [0.15, 0.2) is 0 Å². The summed E-state index contributed by atoms with van der Waals surface area (Å²) in [4.78, 5) is 4.51. The highest BCUT2D eigenvalue weighted by atomic mass is 16.5. The number of pyridine rings is 1. The number of nitrogen functional groups attached to an aromatic ring is 1. The van der Waals surface area contributed by atoms with Crippen LogP contribution in [0.2, 0.25) is 0 Å². The highest BCUT2D eigenvalue weighted by Crippen LogP contribution is 2.27. The molecule has 2 aromatic heterocycles. The highest BCUT2D eigenvalue weighted by Gasteiger charge is 2.20. The Kier molecular flexibility index (Phi) is 2.29. The fraction of sp³-hybridized carbons (Fsp3) is 0.417. The Balaban J connectivity index is 2.09. The van der Waals surface area contributed by atoms with Crippen molar-refractivity contribution in [1.29, 1.82) is 0 Å². The van der Waals surface area contributed by atoms with Gasteiger partial charge < -0.3 is 10.5 Å². The summed E-state index contributed by atoms with van der Waals surface area (Å²) in [5.41, 5.74) is 7.07. The molecule has 1 saturated heterocycles. The van der Waals surface area contributed by atoms with E-state index in [0.29, 0.717) is 5.92 Å². The molecule has 0 spiro atoms. The minimum Gasteiger partial charge on any atom is -0.385 e. The number of hydrogen-bond donors (Lipinski definition) is 1. The van der Waals surface area contributed by atoms with Gasteiger partial charge in [-0.25, -0.2) is 4.98 Å². The van der Waals surface area contributed by atoms with Gasteiger partial charge in [0.2, 0.25) is 0 Å². The molecule has 1 fully saturated rings. The molecular weight excluding hydrogens is 202 g/mol. The minimum absolute atomic E-state index is 0.473. The quantitative estimate of drug-likeness (QED) is 0.792. The first-order valence-electron chi connectivity index (χ1n) is 5.66. The molecule has 3 heterocycles. The number of ether oxygens (including phenoxy) is 1. The molecule has 0 atom stereocenters. The van der Waals surface area contributed by atoms with Crippen molar-refractivity contribution in [1.82, 2.24) is 9.38 Å². The minimum atomic E-state index is 0.473. The molecule has 0 saturated carbocycles. The fourth-order valence-corrected chi connectivity index (χ4v) is 2.34. The van der Waals surface area contributed by atoms with E-state index in [9.17, 15) is 0 Å². The Morgan fingerprint density at radius 3 is 2.94 bits per heavy atom. The summed E-state index contributed by atoms with van der Waals surface area (Å²) in [6, 6.07) is 5.91. The molecule has 1 aliphatic heterocycles. The van der Waals surface area contributed by atoms with Gasteiger partial charge in [0.1, 0.15) is 11.6 Å². The lowest BCUT2D eigenvalue weighted by Crippen LogP contribution is -2.17. The normalized spacial score (nSPS) is 18.0. The maximum absolute atomic E-state index is 6.00. The lowest BCUT2D eigenvalue weighted by molar-refractivity contribution is 0.0835. The predicted octanol–water partition coefficient (Wildman–Crippen LogP) is 1.81. The van der Waals surface area contributed by atoms with Crippen LogP contribution in [0, 0.1) is 0 Å². The summed E-state index contributed by atoms with van der Waals surface area (Å²) < 4.78 is 7.42. The van der Waals surface area contributed by atoms with Gasteiger partial charge in [-0.2, -0.15) is 0 Å². The fourth-order valence-electron chi connectivity index (χ4n) is 2.34. The van der Waals surface area contributed by atoms with Gasteiger partial charge in [0.25, 0.3) is 0 Å². The SMILES string of the molecule is Nc1cccc2cnc(C3CCOCC3)n12. The number of fused-ring (bicyclic) bond motifs is 1. The van der Waals surface area contributed by atoms with Crippen LogP contribution in [0.5, 0.6) is 0 Å². The molecule has 4 nitrogen and oxygen atoms in total. The molecule has 1 aliphatic rings. The Hall–Kier alpha value is -1.55. The summed E-state index contributed by atoms with van der Waals surface area (Å²) in [5.74, 6) is 2.31. The van der Waals surface area contributed by atoms with Crippen molar-refractivity contribution in [2.45, 2.75) is 18.8 Å². The van der Waals surface area contributed by atoms with Crippen molar-refractivity contribution < 1.29 is 4.74 Å². The molecule has 0 amide bonds. The van der Waals surface area contributed by atoms with Crippen LogP contribution in [0.3, 0.4) is 0 Å². The van der Waals surface area contributed by atoms with Crippen LogP contribution >= 0.6 is 0 Å². The number of rotatable bonds is 1. The molecule has 0 unspecified atom stereocenters. The van der Waals surface area contributed by atoms with Crippen LogP contribution in [0.1, 0.15) is 24.6 Å². The molecule has 2 N–H and O–H groups in total. The average molecular weight is 217 g/mol. The maximum atomic E-state index is 6.00. The third-order valence-corrected chi connectivity index (χ3v) is 3.20. The first-order valence-corrected chi connectivity index (χ1v) is 5.66. The van der Waals surface area contributed by atoms with Crippen LogP contribution in [0.25, 0.3) is 5.52 Å². The van der Waals surface area contributed by atoms with Crippen molar-refractivity contribution in [3.63, 3.8) is 0 Å². The molecular formula is C12H15N3O. The van der Waals surface area contributed by atoms with E-state index >= 15 is 0 Å². The number of anilines is 1. The zero-order valence-corrected chi connectivity index (χ0v) is 9.10. The van der Waals surface area contributed by atoms with E-state index in [1.54, 1.807) is 0 Å². The Labute approximate surface area is 94.0 Å². The van der Waals surface area contributed by atoms with Crippen molar-refractivity contribution in [3.8, 4) is 0 Å². The van der Waals surface area contributed by atoms with Gasteiger partial charge in [-0.15, -0.1) is 0 Å². The second kappa shape index (κ2) is 3.79. The van der Waals surface area contributed by atoms with Gasteiger partial charge >= 0.3 is 0 Å².